The number of carboxylic acid groups (broad SMARTS) is 1. The standard InChI is InChI=1S/C18H20N4O6/c23-17(19-11-15(18(24)25)12-5-8-28-9-6-12)16-4-7-21(20-16)13-2-1-3-14(10-13)22(26)27/h1-4,7,10,12,15H,5-6,8-9,11H2,(H,19,23)(H,24,25). The molecule has 1 aliphatic rings. The maximum atomic E-state index is 12.4. The van der Waals surface area contributed by atoms with Crippen molar-refractivity contribution in [2.45, 2.75) is 12.8 Å². The molecule has 1 aliphatic heterocycles. The van der Waals surface area contributed by atoms with Gasteiger partial charge in [-0.25, -0.2) is 4.68 Å². The lowest BCUT2D eigenvalue weighted by Crippen LogP contribution is -2.39. The SMILES string of the molecule is O=C(NCC(C(=O)O)C1CCOCC1)c1ccn(-c2cccc([N+](=O)[O-])c2)n1. The van der Waals surface area contributed by atoms with Crippen molar-refractivity contribution in [2.75, 3.05) is 19.8 Å². The fourth-order valence-corrected chi connectivity index (χ4v) is 3.20. The van der Waals surface area contributed by atoms with Crippen LogP contribution in [0.3, 0.4) is 0 Å². The summed E-state index contributed by atoms with van der Waals surface area (Å²) >= 11 is 0. The third kappa shape index (κ3) is 4.52. The van der Waals surface area contributed by atoms with Crippen molar-refractivity contribution < 1.29 is 24.4 Å². The lowest BCUT2D eigenvalue weighted by molar-refractivity contribution is -0.384. The third-order valence-corrected chi connectivity index (χ3v) is 4.76. The van der Waals surface area contributed by atoms with Crippen molar-refractivity contribution in [3.63, 3.8) is 0 Å². The van der Waals surface area contributed by atoms with Crippen LogP contribution in [0, 0.1) is 22.0 Å². The van der Waals surface area contributed by atoms with Crippen LogP contribution in [0.4, 0.5) is 5.69 Å². The Morgan fingerprint density at radius 2 is 2.11 bits per heavy atom. The molecule has 2 aromatic rings. The van der Waals surface area contributed by atoms with Gasteiger partial charge in [-0.15, -0.1) is 0 Å². The van der Waals surface area contributed by atoms with Gasteiger partial charge >= 0.3 is 5.97 Å². The molecule has 1 atom stereocenters. The molecule has 1 amide bonds. The summed E-state index contributed by atoms with van der Waals surface area (Å²) in [4.78, 5) is 34.3. The van der Waals surface area contributed by atoms with Gasteiger partial charge in [0, 0.05) is 38.1 Å². The number of hydrogen-bond acceptors (Lipinski definition) is 6. The number of hydrogen-bond donors (Lipinski definition) is 2. The number of aromatic nitrogens is 2. The van der Waals surface area contributed by atoms with Crippen LogP contribution in [0.25, 0.3) is 5.69 Å². The van der Waals surface area contributed by atoms with Gasteiger partial charge in [-0.1, -0.05) is 6.07 Å². The number of carbonyl (C=O) groups is 2. The van der Waals surface area contributed by atoms with Gasteiger partial charge < -0.3 is 15.2 Å². The van der Waals surface area contributed by atoms with Gasteiger partial charge in [0.1, 0.15) is 0 Å². The van der Waals surface area contributed by atoms with Gasteiger partial charge in [0.25, 0.3) is 11.6 Å². The van der Waals surface area contributed by atoms with E-state index in [4.69, 9.17) is 4.74 Å². The zero-order valence-electron chi connectivity index (χ0n) is 15.0. The van der Waals surface area contributed by atoms with Crippen LogP contribution in [-0.2, 0) is 9.53 Å². The quantitative estimate of drug-likeness (QED) is 0.543. The minimum absolute atomic E-state index is 0.00248. The van der Waals surface area contributed by atoms with Crippen LogP contribution in [0.1, 0.15) is 23.3 Å². The Hall–Kier alpha value is -3.27. The number of nitrogens with zero attached hydrogens (tertiary/aromatic N) is 3. The predicted octanol–water partition coefficient (Wildman–Crippen LogP) is 1.64. The number of carboxylic acids is 1. The zero-order valence-corrected chi connectivity index (χ0v) is 15.0. The molecule has 2 N–H and O–H groups in total. The van der Waals surface area contributed by atoms with Crippen LogP contribution < -0.4 is 5.32 Å². The number of benzene rings is 1. The minimum atomic E-state index is -0.950. The Bertz CT molecular complexity index is 874. The van der Waals surface area contributed by atoms with Crippen LogP contribution in [0.2, 0.25) is 0 Å². The average Bonchev–Trinajstić information content (AvgIpc) is 3.19. The third-order valence-electron chi connectivity index (χ3n) is 4.76. The van der Waals surface area contributed by atoms with Crippen LogP contribution in [0.5, 0.6) is 0 Å². The predicted molar refractivity (Wildman–Crippen MR) is 97.2 cm³/mol. The molecule has 28 heavy (non-hydrogen) atoms. The molecule has 1 fully saturated rings. The Balaban J connectivity index is 1.66. The lowest BCUT2D eigenvalue weighted by Gasteiger charge is -2.27. The summed E-state index contributed by atoms with van der Waals surface area (Å²) < 4.78 is 6.61. The van der Waals surface area contributed by atoms with Crippen molar-refractivity contribution >= 4 is 17.6 Å². The van der Waals surface area contributed by atoms with Crippen LogP contribution in [-0.4, -0.2) is 51.4 Å². The van der Waals surface area contributed by atoms with E-state index in [0.717, 1.165) is 0 Å². The highest BCUT2D eigenvalue weighted by Gasteiger charge is 2.30. The van der Waals surface area contributed by atoms with Crippen LogP contribution in [0.15, 0.2) is 36.5 Å². The molecule has 3 rings (SSSR count). The molecule has 0 saturated carbocycles. The maximum Gasteiger partial charge on any atom is 0.308 e. The van der Waals surface area contributed by atoms with Gasteiger partial charge in [-0.2, -0.15) is 5.10 Å². The van der Waals surface area contributed by atoms with Crippen molar-refractivity contribution in [3.8, 4) is 5.69 Å². The van der Waals surface area contributed by atoms with E-state index in [2.05, 4.69) is 10.4 Å². The van der Waals surface area contributed by atoms with Crippen molar-refractivity contribution in [1.29, 1.82) is 0 Å². The maximum absolute atomic E-state index is 12.4. The lowest BCUT2D eigenvalue weighted by atomic mass is 9.86. The molecule has 1 aromatic carbocycles. The highest BCUT2D eigenvalue weighted by molar-refractivity contribution is 5.92. The largest absolute Gasteiger partial charge is 0.481 e. The molecular formula is C18H20N4O6. The number of nitro groups is 1. The first kappa shape index (κ1) is 19.5. The number of aliphatic carboxylic acids is 1. The zero-order chi connectivity index (χ0) is 20.1. The molecule has 2 heterocycles. The summed E-state index contributed by atoms with van der Waals surface area (Å²) in [5, 5.41) is 27.1. The van der Waals surface area contributed by atoms with Crippen LogP contribution >= 0.6 is 0 Å². The number of ether oxygens (including phenoxy) is 1. The first-order chi connectivity index (χ1) is 13.5. The summed E-state index contributed by atoms with van der Waals surface area (Å²) in [5.41, 5.74) is 0.459. The van der Waals surface area contributed by atoms with E-state index in [9.17, 15) is 24.8 Å². The van der Waals surface area contributed by atoms with E-state index in [1.54, 1.807) is 6.07 Å². The van der Waals surface area contributed by atoms with E-state index in [0.29, 0.717) is 31.7 Å². The summed E-state index contributed by atoms with van der Waals surface area (Å²) in [6.07, 6.45) is 2.81. The minimum Gasteiger partial charge on any atom is -0.481 e. The molecule has 148 valence electrons. The van der Waals surface area contributed by atoms with Crippen molar-refractivity contribution in [1.82, 2.24) is 15.1 Å². The monoisotopic (exact) mass is 388 g/mol. The first-order valence-electron chi connectivity index (χ1n) is 8.85. The topological polar surface area (TPSA) is 137 Å². The number of non-ortho nitro benzene ring substituents is 1. The summed E-state index contributed by atoms with van der Waals surface area (Å²) in [7, 11) is 0. The fraction of sp³-hybridized carbons (Fsp3) is 0.389. The number of nitrogens with one attached hydrogen (secondary N) is 1. The van der Waals surface area contributed by atoms with Crippen molar-refractivity contribution in [2.24, 2.45) is 11.8 Å². The van der Waals surface area contributed by atoms with E-state index < -0.39 is 22.7 Å². The molecular weight excluding hydrogens is 368 g/mol. The van der Waals surface area contributed by atoms with Gasteiger partial charge in [-0.3, -0.25) is 19.7 Å². The number of rotatable bonds is 7. The van der Waals surface area contributed by atoms with Gasteiger partial charge in [0.2, 0.25) is 0 Å². The Morgan fingerprint density at radius 3 is 2.79 bits per heavy atom. The highest BCUT2D eigenvalue weighted by Crippen LogP contribution is 2.24. The smallest absolute Gasteiger partial charge is 0.308 e. The molecule has 0 spiro atoms. The summed E-state index contributed by atoms with van der Waals surface area (Å²) in [6, 6.07) is 7.34. The Labute approximate surface area is 160 Å². The Kier molecular flexibility index (Phi) is 5.99. The van der Waals surface area contributed by atoms with Gasteiger partial charge in [0.15, 0.2) is 5.69 Å². The van der Waals surface area contributed by atoms with Gasteiger partial charge in [-0.05, 0) is 30.9 Å². The molecule has 10 heteroatoms. The second kappa shape index (κ2) is 8.61. The molecule has 0 bridgehead atoms. The fourth-order valence-electron chi connectivity index (χ4n) is 3.20. The average molecular weight is 388 g/mol. The number of carbonyl (C=O) groups excluding carboxylic acids is 1. The normalized spacial score (nSPS) is 15.7. The summed E-state index contributed by atoms with van der Waals surface area (Å²) in [5.74, 6) is -2.18. The molecule has 1 aromatic heterocycles. The van der Waals surface area contributed by atoms with Crippen molar-refractivity contribution in [3.05, 3.63) is 52.3 Å². The van der Waals surface area contributed by atoms with E-state index >= 15 is 0 Å². The van der Waals surface area contributed by atoms with E-state index in [1.165, 1.54) is 35.1 Å². The summed E-state index contributed by atoms with van der Waals surface area (Å²) in [6.45, 7) is 1.05. The highest BCUT2D eigenvalue weighted by atomic mass is 16.6. The Morgan fingerprint density at radius 1 is 1.36 bits per heavy atom. The number of amides is 1. The molecule has 0 aliphatic carbocycles. The molecule has 0 radical (unpaired) electrons. The number of nitro benzene ring substituents is 1. The van der Waals surface area contributed by atoms with E-state index in [-0.39, 0.29) is 23.8 Å². The van der Waals surface area contributed by atoms with Gasteiger partial charge in [0.05, 0.1) is 16.5 Å². The second-order valence-electron chi connectivity index (χ2n) is 6.53. The van der Waals surface area contributed by atoms with E-state index in [1.807, 2.05) is 0 Å². The molecule has 1 saturated heterocycles. The second-order valence-corrected chi connectivity index (χ2v) is 6.53. The first-order valence-corrected chi connectivity index (χ1v) is 8.85. The molecule has 1 unspecified atom stereocenters. The molecule has 10 nitrogen and oxygen atoms in total.